The summed E-state index contributed by atoms with van der Waals surface area (Å²) in [5, 5.41) is 128. The van der Waals surface area contributed by atoms with Gasteiger partial charge in [-0.2, -0.15) is 0 Å². The second-order valence-corrected chi connectivity index (χ2v) is 13.5. The fourth-order valence-electron chi connectivity index (χ4n) is 6.79. The molecule has 1 aromatic heterocycles. The number of rotatable bonds is 8. The number of phenolic OH excluding ortho intramolecular Hbond substituents is 3. The normalized spacial score (nSPS) is 38.7. The van der Waals surface area contributed by atoms with Gasteiger partial charge in [0.1, 0.15) is 77.4 Å². The Morgan fingerprint density at radius 2 is 1.39 bits per heavy atom. The van der Waals surface area contributed by atoms with Gasteiger partial charge in [-0.15, -0.1) is 0 Å². The minimum Gasteiger partial charge on any atom is -0.508 e. The topological polar surface area (TPSA) is 328 Å². The highest BCUT2D eigenvalue weighted by Gasteiger charge is 2.65. The van der Waals surface area contributed by atoms with Crippen molar-refractivity contribution in [1.82, 2.24) is 0 Å². The average Bonchev–Trinajstić information content (AvgIpc) is 3.13. The summed E-state index contributed by atoms with van der Waals surface area (Å²) in [6.07, 6.45) is -25.9. The summed E-state index contributed by atoms with van der Waals surface area (Å²) in [6, 6.07) is 5.40. The highest BCUT2D eigenvalue weighted by Crippen LogP contribution is 2.45. The Bertz CT molecular complexity index is 1890. The number of methoxy groups -OCH3 is 1. The molecule has 0 spiro atoms. The van der Waals surface area contributed by atoms with Gasteiger partial charge in [0.25, 0.3) is 5.79 Å². The van der Waals surface area contributed by atoms with E-state index in [2.05, 4.69) is 0 Å². The maximum Gasteiger partial charge on any atom is 0.269 e. The summed E-state index contributed by atoms with van der Waals surface area (Å²) in [4.78, 5) is 14.4. The Morgan fingerprint density at radius 3 is 2.06 bits per heavy atom. The van der Waals surface area contributed by atoms with E-state index >= 15 is 0 Å². The van der Waals surface area contributed by atoms with Gasteiger partial charge in [-0.05, 0) is 32.0 Å². The van der Waals surface area contributed by atoms with Crippen molar-refractivity contribution in [3.63, 3.8) is 0 Å². The second-order valence-electron chi connectivity index (χ2n) is 13.5. The molecule has 3 aliphatic heterocycles. The summed E-state index contributed by atoms with van der Waals surface area (Å²) in [7, 11) is 1.22. The van der Waals surface area contributed by atoms with Crippen molar-refractivity contribution < 1.29 is 94.1 Å². The lowest BCUT2D eigenvalue weighted by Gasteiger charge is -2.54. The number of hydrogen-bond donors (Lipinski definition) is 12. The van der Waals surface area contributed by atoms with Crippen LogP contribution in [0.25, 0.3) is 22.3 Å². The van der Waals surface area contributed by atoms with Crippen LogP contribution in [0.5, 0.6) is 28.7 Å². The van der Waals surface area contributed by atoms with Gasteiger partial charge < -0.3 is 94.1 Å². The number of aliphatic hydroxyl groups excluding tert-OH is 9. The fourth-order valence-corrected chi connectivity index (χ4v) is 6.79. The zero-order chi connectivity index (χ0) is 39.5. The van der Waals surface area contributed by atoms with Crippen LogP contribution in [0.4, 0.5) is 0 Å². The van der Waals surface area contributed by atoms with Crippen LogP contribution in [-0.2, 0) is 18.9 Å². The van der Waals surface area contributed by atoms with E-state index in [9.17, 15) is 66.1 Å². The van der Waals surface area contributed by atoms with Crippen LogP contribution in [0.1, 0.15) is 13.8 Å². The van der Waals surface area contributed by atoms with Crippen LogP contribution in [-0.4, -0.2) is 166 Å². The van der Waals surface area contributed by atoms with Crippen LogP contribution in [0.15, 0.2) is 39.5 Å². The van der Waals surface area contributed by atoms with Gasteiger partial charge in [-0.3, -0.25) is 4.79 Å². The third-order valence-corrected chi connectivity index (χ3v) is 9.91. The molecular formula is C34H42O20. The highest BCUT2D eigenvalue weighted by molar-refractivity contribution is 5.88. The van der Waals surface area contributed by atoms with Gasteiger partial charge in [0, 0.05) is 17.7 Å². The van der Waals surface area contributed by atoms with Crippen LogP contribution >= 0.6 is 0 Å². The molecule has 3 aliphatic rings. The van der Waals surface area contributed by atoms with Gasteiger partial charge in [-0.25, -0.2) is 0 Å². The molecule has 20 nitrogen and oxygen atoms in total. The number of benzene rings is 2. The first-order chi connectivity index (χ1) is 25.4. The minimum absolute atomic E-state index is 0.0605. The van der Waals surface area contributed by atoms with Crippen molar-refractivity contribution in [2.24, 2.45) is 0 Å². The number of ether oxygens (including phenoxy) is 6. The molecule has 54 heavy (non-hydrogen) atoms. The van der Waals surface area contributed by atoms with E-state index in [-0.39, 0.29) is 22.6 Å². The standard InChI is InChI=1S/C34H42O20/c1-10-20(38)24(42)27(45)32(50-10)34(31(47)26(44)22(40)18(53-34)9-49-33-28(46)25(43)21(39)11(2)51-33)54-30-23(41)19-15(37)7-13(35)8-17(19)52-29(30)12-4-5-14(36)16(6-12)48-3/h4-8,10-11,18,20-22,24-28,31-33,35-40,42-47H,9H2,1-3H3. The molecule has 3 fully saturated rings. The van der Waals surface area contributed by atoms with Gasteiger partial charge in [0.15, 0.2) is 35.8 Å². The summed E-state index contributed by atoms with van der Waals surface area (Å²) >= 11 is 0. The zero-order valence-electron chi connectivity index (χ0n) is 28.8. The number of aromatic hydroxyl groups is 3. The molecule has 0 amide bonds. The second kappa shape index (κ2) is 15.0. The van der Waals surface area contributed by atoms with Gasteiger partial charge in [0.05, 0.1) is 25.9 Å². The molecule has 6 rings (SSSR count). The maximum absolute atomic E-state index is 14.4. The SMILES string of the molecule is COc1cc(-c2oc3cc(O)cc(O)c3c(=O)c2OC2(C3OC(C)C(O)C(O)C3O)OC(COC3OC(C)C(O)C(O)C3O)C(O)C(O)C2O)ccc1O. The van der Waals surface area contributed by atoms with E-state index in [4.69, 9.17) is 32.8 Å². The van der Waals surface area contributed by atoms with Crippen molar-refractivity contribution in [3.05, 3.63) is 40.6 Å². The van der Waals surface area contributed by atoms with Crippen molar-refractivity contribution in [2.45, 2.75) is 105 Å². The van der Waals surface area contributed by atoms with E-state index in [0.29, 0.717) is 0 Å². The Balaban J connectivity index is 1.53. The van der Waals surface area contributed by atoms with Crippen LogP contribution in [0.3, 0.4) is 0 Å². The Hall–Kier alpha value is -3.87. The molecule has 3 saturated heterocycles. The summed E-state index contributed by atoms with van der Waals surface area (Å²) < 4.78 is 40.3. The zero-order valence-corrected chi connectivity index (χ0v) is 28.8. The lowest BCUT2D eigenvalue weighted by atomic mass is 9.83. The highest BCUT2D eigenvalue weighted by atomic mass is 16.8. The van der Waals surface area contributed by atoms with Crippen LogP contribution in [0.2, 0.25) is 0 Å². The van der Waals surface area contributed by atoms with Crippen LogP contribution < -0.4 is 14.9 Å². The smallest absolute Gasteiger partial charge is 0.269 e. The quantitative estimate of drug-likeness (QED) is 0.108. The Morgan fingerprint density at radius 1 is 0.741 bits per heavy atom. The summed E-state index contributed by atoms with van der Waals surface area (Å²) in [5.41, 5.74) is -1.64. The number of aliphatic hydroxyl groups is 9. The van der Waals surface area contributed by atoms with E-state index < -0.39 is 132 Å². The molecule has 3 aromatic rings. The molecule has 0 bridgehead atoms. The molecule has 20 heteroatoms. The first-order valence-corrected chi connectivity index (χ1v) is 16.7. The van der Waals surface area contributed by atoms with Crippen molar-refractivity contribution in [1.29, 1.82) is 0 Å². The predicted molar refractivity (Wildman–Crippen MR) is 176 cm³/mol. The third kappa shape index (κ3) is 6.72. The minimum atomic E-state index is -3.07. The Labute approximate surface area is 304 Å². The number of fused-ring (bicyclic) bond motifs is 1. The summed E-state index contributed by atoms with van der Waals surface area (Å²) in [6.45, 7) is 1.80. The van der Waals surface area contributed by atoms with E-state index in [0.717, 1.165) is 18.2 Å². The van der Waals surface area contributed by atoms with Crippen molar-refractivity contribution >= 4 is 11.0 Å². The maximum atomic E-state index is 14.4. The fraction of sp³-hybridized carbons (Fsp3) is 0.559. The number of phenols is 3. The van der Waals surface area contributed by atoms with Crippen molar-refractivity contribution in [3.8, 4) is 40.1 Å². The largest absolute Gasteiger partial charge is 0.508 e. The third-order valence-electron chi connectivity index (χ3n) is 9.91. The first-order valence-electron chi connectivity index (χ1n) is 16.7. The lowest BCUT2D eigenvalue weighted by Crippen LogP contribution is -2.77. The van der Waals surface area contributed by atoms with E-state index in [1.54, 1.807) is 0 Å². The van der Waals surface area contributed by atoms with Gasteiger partial charge in [-0.1, -0.05) is 0 Å². The van der Waals surface area contributed by atoms with Gasteiger partial charge in [0.2, 0.25) is 11.2 Å². The summed E-state index contributed by atoms with van der Waals surface area (Å²) in [5.74, 6) is -6.30. The Kier molecular flexibility index (Phi) is 11.1. The molecule has 0 radical (unpaired) electrons. The van der Waals surface area contributed by atoms with E-state index in [1.807, 2.05) is 0 Å². The van der Waals surface area contributed by atoms with E-state index in [1.165, 1.54) is 33.1 Å². The molecule has 15 unspecified atom stereocenters. The molecule has 15 atom stereocenters. The first kappa shape index (κ1) is 39.8. The predicted octanol–water partition coefficient (Wildman–Crippen LogP) is -3.14. The number of hydrogen-bond acceptors (Lipinski definition) is 20. The molecule has 0 aliphatic carbocycles. The molecule has 2 aromatic carbocycles. The van der Waals surface area contributed by atoms with Gasteiger partial charge >= 0.3 is 0 Å². The van der Waals surface area contributed by atoms with Crippen molar-refractivity contribution in [2.75, 3.05) is 13.7 Å². The monoisotopic (exact) mass is 770 g/mol. The molecule has 298 valence electrons. The average molecular weight is 771 g/mol. The molecule has 0 saturated carbocycles. The molecular weight excluding hydrogens is 728 g/mol. The lowest BCUT2D eigenvalue weighted by molar-refractivity contribution is -0.399. The molecule has 4 heterocycles. The van der Waals surface area contributed by atoms with Crippen LogP contribution in [0, 0.1) is 0 Å². The molecule has 12 N–H and O–H groups in total.